The van der Waals surface area contributed by atoms with Crippen molar-refractivity contribution in [3.8, 4) is 0 Å². The molecule has 1 saturated carbocycles. The minimum Gasteiger partial charge on any atom is -0.324 e. The lowest BCUT2D eigenvalue weighted by Crippen LogP contribution is -2.31. The molecule has 2 heteroatoms. The number of nitrogens with two attached hydrogens (primary N) is 1. The summed E-state index contributed by atoms with van der Waals surface area (Å²) < 4.78 is 13.4. The second-order valence-corrected chi connectivity index (χ2v) is 7.50. The van der Waals surface area contributed by atoms with Gasteiger partial charge in [-0.2, -0.15) is 0 Å². The van der Waals surface area contributed by atoms with Crippen molar-refractivity contribution in [2.45, 2.75) is 59.4 Å². The van der Waals surface area contributed by atoms with E-state index in [9.17, 15) is 4.39 Å². The first-order valence-corrected chi connectivity index (χ1v) is 7.80. The molecule has 112 valence electrons. The Bertz CT molecular complexity index is 453. The highest BCUT2D eigenvalue weighted by molar-refractivity contribution is 5.29. The SMILES string of the molecule is Cc1ccc(F)cc1C(N)C1CCC(C(C)(C)C)CC1. The van der Waals surface area contributed by atoms with E-state index in [0.29, 0.717) is 11.3 Å². The number of aryl methyl sites for hydroxylation is 1. The standard InChI is InChI=1S/C18H28FN/c1-12-5-10-15(19)11-16(12)17(20)13-6-8-14(9-7-13)18(2,3)4/h5,10-11,13-14,17H,6-9,20H2,1-4H3. The van der Waals surface area contributed by atoms with Crippen molar-refractivity contribution in [2.24, 2.45) is 23.0 Å². The van der Waals surface area contributed by atoms with Crippen molar-refractivity contribution in [1.82, 2.24) is 0 Å². The Balaban J connectivity index is 2.05. The summed E-state index contributed by atoms with van der Waals surface area (Å²) in [4.78, 5) is 0. The normalized spacial score (nSPS) is 25.5. The molecule has 1 aromatic carbocycles. The molecule has 0 spiro atoms. The highest BCUT2D eigenvalue weighted by atomic mass is 19.1. The molecule has 1 aliphatic rings. The van der Waals surface area contributed by atoms with Crippen LogP contribution >= 0.6 is 0 Å². The Hall–Kier alpha value is -0.890. The van der Waals surface area contributed by atoms with Crippen LogP contribution in [0.3, 0.4) is 0 Å². The van der Waals surface area contributed by atoms with E-state index in [1.54, 1.807) is 6.07 Å². The molecule has 0 aliphatic heterocycles. The maximum Gasteiger partial charge on any atom is 0.123 e. The average Bonchev–Trinajstić information content (AvgIpc) is 2.40. The van der Waals surface area contributed by atoms with Crippen molar-refractivity contribution >= 4 is 0 Å². The molecule has 0 bridgehead atoms. The van der Waals surface area contributed by atoms with E-state index in [0.717, 1.165) is 17.0 Å². The van der Waals surface area contributed by atoms with Crippen molar-refractivity contribution in [2.75, 3.05) is 0 Å². The van der Waals surface area contributed by atoms with E-state index >= 15 is 0 Å². The molecule has 0 heterocycles. The summed E-state index contributed by atoms with van der Waals surface area (Å²) in [6.07, 6.45) is 4.82. The highest BCUT2D eigenvalue weighted by Crippen LogP contribution is 2.43. The van der Waals surface area contributed by atoms with Crippen molar-refractivity contribution < 1.29 is 4.39 Å². The molecular formula is C18H28FN. The van der Waals surface area contributed by atoms with Gasteiger partial charge in [-0.1, -0.05) is 26.8 Å². The lowest BCUT2D eigenvalue weighted by Gasteiger charge is -2.39. The Morgan fingerprint density at radius 2 is 1.75 bits per heavy atom. The zero-order valence-electron chi connectivity index (χ0n) is 13.2. The van der Waals surface area contributed by atoms with Gasteiger partial charge in [-0.3, -0.25) is 0 Å². The van der Waals surface area contributed by atoms with Crippen LogP contribution in [0.5, 0.6) is 0 Å². The fraction of sp³-hybridized carbons (Fsp3) is 0.667. The quantitative estimate of drug-likeness (QED) is 0.810. The van der Waals surface area contributed by atoms with Gasteiger partial charge in [0.25, 0.3) is 0 Å². The molecule has 0 amide bonds. The predicted molar refractivity (Wildman–Crippen MR) is 83.0 cm³/mol. The number of benzene rings is 1. The Morgan fingerprint density at radius 3 is 2.30 bits per heavy atom. The largest absolute Gasteiger partial charge is 0.324 e. The van der Waals surface area contributed by atoms with Crippen LogP contribution in [0.2, 0.25) is 0 Å². The molecule has 1 aliphatic carbocycles. The molecular weight excluding hydrogens is 249 g/mol. The lowest BCUT2D eigenvalue weighted by atomic mass is 9.68. The van der Waals surface area contributed by atoms with Crippen LogP contribution in [0.15, 0.2) is 18.2 Å². The van der Waals surface area contributed by atoms with Crippen LogP contribution in [0.25, 0.3) is 0 Å². The second-order valence-electron chi connectivity index (χ2n) is 7.50. The maximum atomic E-state index is 13.4. The number of rotatable bonds is 2. The van der Waals surface area contributed by atoms with Gasteiger partial charge in [-0.05, 0) is 73.1 Å². The van der Waals surface area contributed by atoms with Gasteiger partial charge in [0, 0.05) is 6.04 Å². The molecule has 0 radical (unpaired) electrons. The van der Waals surface area contributed by atoms with Crippen LogP contribution in [-0.4, -0.2) is 0 Å². The summed E-state index contributed by atoms with van der Waals surface area (Å²) in [6, 6.07) is 4.95. The summed E-state index contributed by atoms with van der Waals surface area (Å²) in [5, 5.41) is 0. The fourth-order valence-corrected chi connectivity index (χ4v) is 3.57. The van der Waals surface area contributed by atoms with Crippen molar-refractivity contribution in [1.29, 1.82) is 0 Å². The average molecular weight is 277 g/mol. The van der Waals surface area contributed by atoms with Crippen molar-refractivity contribution in [3.63, 3.8) is 0 Å². The zero-order chi connectivity index (χ0) is 14.9. The van der Waals surface area contributed by atoms with Crippen LogP contribution in [-0.2, 0) is 0 Å². The first-order chi connectivity index (χ1) is 9.29. The van der Waals surface area contributed by atoms with Gasteiger partial charge in [0.2, 0.25) is 0 Å². The third-order valence-electron chi connectivity index (χ3n) is 5.10. The molecule has 1 unspecified atom stereocenters. The molecule has 20 heavy (non-hydrogen) atoms. The fourth-order valence-electron chi connectivity index (χ4n) is 3.57. The molecule has 2 rings (SSSR count). The van der Waals surface area contributed by atoms with E-state index < -0.39 is 0 Å². The van der Waals surface area contributed by atoms with E-state index in [1.165, 1.54) is 31.7 Å². The topological polar surface area (TPSA) is 26.0 Å². The zero-order valence-corrected chi connectivity index (χ0v) is 13.2. The van der Waals surface area contributed by atoms with Gasteiger partial charge >= 0.3 is 0 Å². The molecule has 2 N–H and O–H groups in total. The highest BCUT2D eigenvalue weighted by Gasteiger charge is 2.32. The van der Waals surface area contributed by atoms with Crippen LogP contribution < -0.4 is 5.73 Å². The van der Waals surface area contributed by atoms with Crippen LogP contribution in [0.4, 0.5) is 4.39 Å². The van der Waals surface area contributed by atoms with Gasteiger partial charge in [-0.15, -0.1) is 0 Å². The molecule has 1 fully saturated rings. The number of hydrogen-bond acceptors (Lipinski definition) is 1. The first-order valence-electron chi connectivity index (χ1n) is 7.80. The Morgan fingerprint density at radius 1 is 1.15 bits per heavy atom. The molecule has 0 saturated heterocycles. The third kappa shape index (κ3) is 3.41. The molecule has 1 atom stereocenters. The van der Waals surface area contributed by atoms with Gasteiger partial charge in [0.15, 0.2) is 0 Å². The van der Waals surface area contributed by atoms with Crippen LogP contribution in [0, 0.1) is 30.0 Å². The van der Waals surface area contributed by atoms with Crippen molar-refractivity contribution in [3.05, 3.63) is 35.1 Å². The Labute approximate surface area is 122 Å². The molecule has 0 aromatic heterocycles. The summed E-state index contributed by atoms with van der Waals surface area (Å²) in [7, 11) is 0. The summed E-state index contributed by atoms with van der Waals surface area (Å²) >= 11 is 0. The minimum atomic E-state index is -0.176. The van der Waals surface area contributed by atoms with E-state index in [4.69, 9.17) is 5.73 Å². The smallest absolute Gasteiger partial charge is 0.123 e. The second kappa shape index (κ2) is 5.85. The lowest BCUT2D eigenvalue weighted by molar-refractivity contribution is 0.139. The number of halogens is 1. The summed E-state index contributed by atoms with van der Waals surface area (Å²) in [5.41, 5.74) is 8.92. The molecule has 1 nitrogen and oxygen atoms in total. The van der Waals surface area contributed by atoms with E-state index in [2.05, 4.69) is 20.8 Å². The Kier molecular flexibility index (Phi) is 4.53. The summed E-state index contributed by atoms with van der Waals surface area (Å²) in [5.74, 6) is 1.11. The number of hydrogen-bond donors (Lipinski definition) is 1. The summed E-state index contributed by atoms with van der Waals surface area (Å²) in [6.45, 7) is 9.01. The third-order valence-corrected chi connectivity index (χ3v) is 5.10. The maximum absolute atomic E-state index is 13.4. The predicted octanol–water partition coefficient (Wildman–Crippen LogP) is 4.99. The first kappa shape index (κ1) is 15.5. The van der Waals surface area contributed by atoms with Gasteiger partial charge in [0.1, 0.15) is 5.82 Å². The minimum absolute atomic E-state index is 0.0216. The van der Waals surface area contributed by atoms with Gasteiger partial charge < -0.3 is 5.73 Å². The van der Waals surface area contributed by atoms with E-state index in [1.807, 2.05) is 13.0 Å². The molecule has 1 aromatic rings. The monoisotopic (exact) mass is 277 g/mol. The van der Waals surface area contributed by atoms with Crippen LogP contribution in [0.1, 0.15) is 63.6 Å². The van der Waals surface area contributed by atoms with Gasteiger partial charge in [0.05, 0.1) is 0 Å². The van der Waals surface area contributed by atoms with E-state index in [-0.39, 0.29) is 11.9 Å². The van der Waals surface area contributed by atoms with Gasteiger partial charge in [-0.25, -0.2) is 4.39 Å².